The first-order valence-corrected chi connectivity index (χ1v) is 7.67. The zero-order chi connectivity index (χ0) is 14.9. The van der Waals surface area contributed by atoms with Crippen LogP contribution in [0.15, 0.2) is 18.2 Å². The minimum atomic E-state index is -0.301. The molecular weight excluding hydrogens is 246 g/mol. The number of Topliss-reactive ketones (excluding diaryl/α,β-unsaturated/α-hetero) is 1. The summed E-state index contributed by atoms with van der Waals surface area (Å²) in [6.45, 7) is 6.44. The minimum absolute atomic E-state index is 0.301. The van der Waals surface area contributed by atoms with Gasteiger partial charge in [0.05, 0.1) is 5.54 Å². The molecule has 1 aliphatic carbocycles. The predicted molar refractivity (Wildman–Crippen MR) is 84.3 cm³/mol. The van der Waals surface area contributed by atoms with Gasteiger partial charge in [-0.25, -0.2) is 0 Å². The molecule has 0 spiro atoms. The summed E-state index contributed by atoms with van der Waals surface area (Å²) in [6.07, 6.45) is 4.25. The first-order chi connectivity index (χ1) is 9.38. The molecular formula is C18H27NO. The van der Waals surface area contributed by atoms with E-state index in [1.807, 2.05) is 12.1 Å². The fourth-order valence-corrected chi connectivity index (χ4v) is 3.36. The Hall–Kier alpha value is -1.15. The summed E-state index contributed by atoms with van der Waals surface area (Å²) in [6, 6.07) is 6.08. The van der Waals surface area contributed by atoms with E-state index in [4.69, 9.17) is 0 Å². The Kier molecular flexibility index (Phi) is 4.33. The minimum Gasteiger partial charge on any atom is -0.297 e. The molecule has 1 aliphatic rings. The molecule has 0 amide bonds. The molecule has 20 heavy (non-hydrogen) atoms. The molecule has 1 fully saturated rings. The monoisotopic (exact) mass is 273 g/mol. The van der Waals surface area contributed by atoms with Gasteiger partial charge in [-0.2, -0.15) is 0 Å². The van der Waals surface area contributed by atoms with Crippen molar-refractivity contribution in [3.8, 4) is 0 Å². The Bertz CT molecular complexity index is 496. The third-order valence-electron chi connectivity index (χ3n) is 5.23. The first-order valence-electron chi connectivity index (χ1n) is 7.67. The van der Waals surface area contributed by atoms with Gasteiger partial charge in [-0.15, -0.1) is 0 Å². The fourth-order valence-electron chi connectivity index (χ4n) is 3.36. The molecule has 0 saturated heterocycles. The van der Waals surface area contributed by atoms with E-state index in [-0.39, 0.29) is 5.54 Å². The van der Waals surface area contributed by atoms with E-state index in [1.165, 1.54) is 5.56 Å². The number of benzene rings is 1. The maximum Gasteiger partial charge on any atom is 0.183 e. The van der Waals surface area contributed by atoms with Crippen LogP contribution in [0, 0.1) is 19.8 Å². The van der Waals surface area contributed by atoms with Crippen LogP contribution in [0.3, 0.4) is 0 Å². The maximum absolute atomic E-state index is 13.2. The summed E-state index contributed by atoms with van der Waals surface area (Å²) in [5.41, 5.74) is 2.95. The quantitative estimate of drug-likeness (QED) is 0.776. The number of hydrogen-bond donors (Lipinski definition) is 0. The molecule has 0 heterocycles. The van der Waals surface area contributed by atoms with Crippen molar-refractivity contribution < 1.29 is 4.79 Å². The molecule has 0 atom stereocenters. The van der Waals surface area contributed by atoms with Crippen LogP contribution in [0.2, 0.25) is 0 Å². The number of nitrogens with zero attached hydrogens (tertiary/aromatic N) is 1. The number of carbonyl (C=O) groups is 1. The second kappa shape index (κ2) is 5.69. The van der Waals surface area contributed by atoms with E-state index in [1.54, 1.807) is 0 Å². The van der Waals surface area contributed by atoms with Gasteiger partial charge in [0.15, 0.2) is 5.78 Å². The van der Waals surface area contributed by atoms with Gasteiger partial charge in [0, 0.05) is 5.56 Å². The molecule has 1 saturated carbocycles. The Balaban J connectivity index is 2.40. The van der Waals surface area contributed by atoms with E-state index in [9.17, 15) is 4.79 Å². The van der Waals surface area contributed by atoms with Crippen LogP contribution in [0.4, 0.5) is 0 Å². The second-order valence-electron chi connectivity index (χ2n) is 6.69. The lowest BCUT2D eigenvalue weighted by atomic mass is 9.72. The Labute approximate surface area is 123 Å². The van der Waals surface area contributed by atoms with Crippen molar-refractivity contribution in [2.75, 3.05) is 14.1 Å². The lowest BCUT2D eigenvalue weighted by molar-refractivity contribution is 0.0512. The van der Waals surface area contributed by atoms with Gasteiger partial charge in [0.1, 0.15) is 0 Å². The average Bonchev–Trinajstić information content (AvgIpc) is 2.42. The highest BCUT2D eigenvalue weighted by atomic mass is 16.1. The number of ketones is 1. The molecule has 2 rings (SSSR count). The smallest absolute Gasteiger partial charge is 0.183 e. The van der Waals surface area contributed by atoms with Gasteiger partial charge in [0.2, 0.25) is 0 Å². The highest BCUT2D eigenvalue weighted by Crippen LogP contribution is 2.38. The van der Waals surface area contributed by atoms with Crippen LogP contribution in [0.5, 0.6) is 0 Å². The Morgan fingerprint density at radius 3 is 2.35 bits per heavy atom. The zero-order valence-electron chi connectivity index (χ0n) is 13.5. The van der Waals surface area contributed by atoms with Crippen LogP contribution in [-0.4, -0.2) is 30.3 Å². The summed E-state index contributed by atoms with van der Waals surface area (Å²) >= 11 is 0. The van der Waals surface area contributed by atoms with Gasteiger partial charge in [-0.1, -0.05) is 25.1 Å². The second-order valence-corrected chi connectivity index (χ2v) is 6.69. The van der Waals surface area contributed by atoms with E-state index in [2.05, 4.69) is 45.8 Å². The van der Waals surface area contributed by atoms with Gasteiger partial charge in [-0.05, 0) is 70.7 Å². The lowest BCUT2D eigenvalue weighted by Gasteiger charge is -2.43. The zero-order valence-corrected chi connectivity index (χ0v) is 13.5. The van der Waals surface area contributed by atoms with Crippen molar-refractivity contribution >= 4 is 5.78 Å². The molecule has 2 heteroatoms. The Morgan fingerprint density at radius 1 is 1.20 bits per heavy atom. The highest BCUT2D eigenvalue weighted by molar-refractivity contribution is 6.04. The third-order valence-corrected chi connectivity index (χ3v) is 5.23. The largest absolute Gasteiger partial charge is 0.297 e. The summed E-state index contributed by atoms with van der Waals surface area (Å²) in [5, 5.41) is 0. The Morgan fingerprint density at radius 2 is 1.80 bits per heavy atom. The van der Waals surface area contributed by atoms with Gasteiger partial charge in [0.25, 0.3) is 0 Å². The molecule has 0 aliphatic heterocycles. The normalized spacial score (nSPS) is 26.8. The molecule has 0 N–H and O–H groups in total. The summed E-state index contributed by atoms with van der Waals surface area (Å²) in [5.74, 6) is 1.06. The van der Waals surface area contributed by atoms with Crippen molar-refractivity contribution in [2.45, 2.75) is 52.0 Å². The molecule has 0 unspecified atom stereocenters. The SMILES string of the molecule is Cc1cccc(C(=O)C2(N(C)C)CCC(C)CC2)c1C. The number of carbonyl (C=O) groups excluding carboxylic acids is 1. The summed E-state index contributed by atoms with van der Waals surface area (Å²) in [7, 11) is 4.11. The molecule has 1 aromatic rings. The number of hydrogen-bond acceptors (Lipinski definition) is 2. The predicted octanol–water partition coefficient (Wildman–Crippen LogP) is 4.00. The molecule has 0 radical (unpaired) electrons. The summed E-state index contributed by atoms with van der Waals surface area (Å²) in [4.78, 5) is 15.4. The fraction of sp³-hybridized carbons (Fsp3) is 0.611. The van der Waals surface area contributed by atoms with Crippen LogP contribution >= 0.6 is 0 Å². The van der Waals surface area contributed by atoms with E-state index < -0.39 is 0 Å². The maximum atomic E-state index is 13.2. The van der Waals surface area contributed by atoms with Crippen molar-refractivity contribution in [1.29, 1.82) is 0 Å². The van der Waals surface area contributed by atoms with Gasteiger partial charge in [-0.3, -0.25) is 9.69 Å². The van der Waals surface area contributed by atoms with Gasteiger partial charge >= 0.3 is 0 Å². The van der Waals surface area contributed by atoms with Crippen LogP contribution < -0.4 is 0 Å². The van der Waals surface area contributed by atoms with Crippen molar-refractivity contribution in [2.24, 2.45) is 5.92 Å². The van der Waals surface area contributed by atoms with Crippen molar-refractivity contribution in [1.82, 2.24) is 4.90 Å². The third kappa shape index (κ3) is 2.54. The van der Waals surface area contributed by atoms with E-state index in [0.717, 1.165) is 42.7 Å². The molecule has 0 bridgehead atoms. The van der Waals surface area contributed by atoms with Gasteiger partial charge < -0.3 is 0 Å². The standard InChI is InChI=1S/C18H27NO/c1-13-9-11-18(12-10-13,19(4)5)17(20)16-8-6-7-14(2)15(16)3/h6-8,13H,9-12H2,1-5H3. The van der Waals surface area contributed by atoms with Crippen LogP contribution in [0.25, 0.3) is 0 Å². The molecule has 0 aromatic heterocycles. The number of rotatable bonds is 3. The molecule has 110 valence electrons. The number of likely N-dealkylation sites (N-methyl/N-ethyl adjacent to an activating group) is 1. The lowest BCUT2D eigenvalue weighted by Crippen LogP contribution is -2.53. The topological polar surface area (TPSA) is 20.3 Å². The van der Waals surface area contributed by atoms with E-state index >= 15 is 0 Å². The molecule has 2 nitrogen and oxygen atoms in total. The van der Waals surface area contributed by atoms with Crippen molar-refractivity contribution in [3.05, 3.63) is 34.9 Å². The van der Waals surface area contributed by atoms with Crippen LogP contribution in [-0.2, 0) is 0 Å². The van der Waals surface area contributed by atoms with Crippen molar-refractivity contribution in [3.63, 3.8) is 0 Å². The molecule has 1 aromatic carbocycles. The average molecular weight is 273 g/mol. The van der Waals surface area contributed by atoms with E-state index in [0.29, 0.717) is 5.78 Å². The first kappa shape index (κ1) is 15.2. The van der Waals surface area contributed by atoms with Crippen LogP contribution in [0.1, 0.15) is 54.1 Å². The summed E-state index contributed by atoms with van der Waals surface area (Å²) < 4.78 is 0. The number of aryl methyl sites for hydroxylation is 1. The highest BCUT2D eigenvalue weighted by Gasteiger charge is 2.43.